The van der Waals surface area contributed by atoms with E-state index in [0.29, 0.717) is 0 Å². The first kappa shape index (κ1) is 19.2. The zero-order valence-electron chi connectivity index (χ0n) is 16.0. The van der Waals surface area contributed by atoms with Crippen molar-refractivity contribution in [2.24, 2.45) is 10.8 Å². The van der Waals surface area contributed by atoms with Crippen molar-refractivity contribution >= 4 is 23.5 Å². The lowest BCUT2D eigenvalue weighted by molar-refractivity contribution is -0.257. The van der Waals surface area contributed by atoms with E-state index in [0.717, 1.165) is 0 Å². The minimum absolute atomic E-state index is 0.135. The van der Waals surface area contributed by atoms with E-state index >= 15 is 0 Å². The van der Waals surface area contributed by atoms with Gasteiger partial charge in [-0.15, -0.1) is 0 Å². The van der Waals surface area contributed by atoms with Gasteiger partial charge in [-0.2, -0.15) is 0 Å². The summed E-state index contributed by atoms with van der Waals surface area (Å²) in [4.78, 5) is 49.2. The zero-order chi connectivity index (χ0) is 20.6. The van der Waals surface area contributed by atoms with Gasteiger partial charge in [-0.25, -0.2) is 0 Å². The first-order valence-corrected chi connectivity index (χ1v) is 9.07. The molecular weight excluding hydrogens is 372 g/mol. The molecule has 0 aromatic heterocycles. The van der Waals surface area contributed by atoms with Gasteiger partial charge in [0.15, 0.2) is 18.0 Å². The predicted octanol–water partition coefficient (Wildman–Crippen LogP) is -0.517. The number of esters is 2. The Morgan fingerprint density at radius 2 is 1.93 bits per heavy atom. The molecule has 0 aromatic carbocycles. The van der Waals surface area contributed by atoms with Gasteiger partial charge in [-0.05, 0) is 18.6 Å². The molecule has 2 saturated heterocycles. The quantitative estimate of drug-likeness (QED) is 0.497. The van der Waals surface area contributed by atoms with Crippen LogP contribution in [-0.4, -0.2) is 71.8 Å². The molecule has 4 rings (SSSR count). The molecule has 4 aliphatic rings. The van der Waals surface area contributed by atoms with Gasteiger partial charge in [0.25, 0.3) is 0 Å². The standard InChI is InChI=1S/C19H22O9/c1-8-5-11-18(6-25-9(2)20,14(24)12(8)22)17(4)15(27-10(3)21)13(23)16(28-11)19(17)7-26-19/h5,11,14-16,24H,6-7H2,1-4H3/t11-,14-,15+,16-,17-,18-,19+/m1/s1. The summed E-state index contributed by atoms with van der Waals surface area (Å²) in [7, 11) is 0. The lowest BCUT2D eigenvalue weighted by Crippen LogP contribution is -2.72. The second-order valence-electron chi connectivity index (χ2n) is 8.15. The van der Waals surface area contributed by atoms with Crippen molar-refractivity contribution in [1.29, 1.82) is 0 Å². The zero-order valence-corrected chi connectivity index (χ0v) is 16.0. The number of hydrogen-bond acceptors (Lipinski definition) is 9. The highest BCUT2D eigenvalue weighted by Gasteiger charge is 2.88. The number of fused-ring (bicyclic) bond motifs is 2. The Hall–Kier alpha value is -2.10. The number of rotatable bonds is 3. The summed E-state index contributed by atoms with van der Waals surface area (Å²) in [6.45, 7) is 5.28. The van der Waals surface area contributed by atoms with Crippen LogP contribution >= 0.6 is 0 Å². The van der Waals surface area contributed by atoms with Gasteiger partial charge < -0.3 is 24.1 Å². The number of ketones is 2. The molecule has 2 heterocycles. The summed E-state index contributed by atoms with van der Waals surface area (Å²) in [5, 5.41) is 11.1. The van der Waals surface area contributed by atoms with E-state index in [9.17, 15) is 24.3 Å². The van der Waals surface area contributed by atoms with Crippen LogP contribution < -0.4 is 0 Å². The normalized spacial score (nSPS) is 46.1. The van der Waals surface area contributed by atoms with E-state index in [1.165, 1.54) is 26.8 Å². The van der Waals surface area contributed by atoms with Crippen molar-refractivity contribution in [2.75, 3.05) is 13.2 Å². The highest BCUT2D eigenvalue weighted by molar-refractivity contribution is 6.02. The number of carbonyl (C=O) groups excluding carboxylic acids is 4. The average molecular weight is 394 g/mol. The van der Waals surface area contributed by atoms with Crippen LogP contribution in [-0.2, 0) is 38.1 Å². The smallest absolute Gasteiger partial charge is 0.303 e. The van der Waals surface area contributed by atoms with Crippen molar-refractivity contribution in [2.45, 2.75) is 57.7 Å². The van der Waals surface area contributed by atoms with Crippen LogP contribution in [0, 0.1) is 10.8 Å². The van der Waals surface area contributed by atoms with Crippen molar-refractivity contribution in [3.05, 3.63) is 11.6 Å². The molecule has 0 radical (unpaired) electrons. The molecule has 9 nitrogen and oxygen atoms in total. The topological polar surface area (TPSA) is 129 Å². The molecule has 0 amide bonds. The molecule has 2 aliphatic heterocycles. The molecule has 9 heteroatoms. The first-order valence-electron chi connectivity index (χ1n) is 9.07. The van der Waals surface area contributed by atoms with E-state index in [1.807, 2.05) is 0 Å². The van der Waals surface area contributed by atoms with Gasteiger partial charge in [0.1, 0.15) is 18.3 Å². The second kappa shape index (κ2) is 5.71. The highest BCUT2D eigenvalue weighted by atomic mass is 16.6. The van der Waals surface area contributed by atoms with E-state index < -0.39 is 71.0 Å². The molecule has 3 fully saturated rings. The highest BCUT2D eigenvalue weighted by Crippen LogP contribution is 2.70. The van der Waals surface area contributed by atoms with Crippen LogP contribution in [0.15, 0.2) is 11.6 Å². The van der Waals surface area contributed by atoms with Crippen molar-refractivity contribution < 1.29 is 43.2 Å². The molecule has 0 aromatic rings. The largest absolute Gasteiger partial charge is 0.465 e. The number of hydrogen-bond donors (Lipinski definition) is 1. The first-order chi connectivity index (χ1) is 13.0. The minimum atomic E-state index is -1.64. The van der Waals surface area contributed by atoms with Crippen LogP contribution in [0.1, 0.15) is 27.7 Å². The third-order valence-corrected chi connectivity index (χ3v) is 6.88. The Kier molecular flexibility index (Phi) is 3.92. The Balaban J connectivity index is 1.96. The summed E-state index contributed by atoms with van der Waals surface area (Å²) < 4.78 is 22.3. The van der Waals surface area contributed by atoms with Crippen molar-refractivity contribution in [3.8, 4) is 0 Å². The van der Waals surface area contributed by atoms with Crippen LogP contribution in [0.2, 0.25) is 0 Å². The van der Waals surface area contributed by atoms with E-state index in [4.69, 9.17) is 18.9 Å². The molecule has 0 unspecified atom stereocenters. The number of ether oxygens (including phenoxy) is 4. The Labute approximate surface area is 160 Å². The van der Waals surface area contributed by atoms with Gasteiger partial charge in [0, 0.05) is 13.8 Å². The van der Waals surface area contributed by atoms with Gasteiger partial charge >= 0.3 is 11.9 Å². The number of aliphatic hydroxyl groups is 1. The molecule has 7 atom stereocenters. The Morgan fingerprint density at radius 3 is 2.46 bits per heavy atom. The molecule has 1 spiro atoms. The van der Waals surface area contributed by atoms with Crippen LogP contribution in [0.3, 0.4) is 0 Å². The minimum Gasteiger partial charge on any atom is -0.465 e. The Bertz CT molecular complexity index is 825. The van der Waals surface area contributed by atoms with E-state index in [1.54, 1.807) is 6.92 Å². The molecule has 1 N–H and O–H groups in total. The maximum atomic E-state index is 13.1. The monoisotopic (exact) mass is 394 g/mol. The van der Waals surface area contributed by atoms with Crippen molar-refractivity contribution in [3.63, 3.8) is 0 Å². The molecule has 2 bridgehead atoms. The Morgan fingerprint density at radius 1 is 1.29 bits per heavy atom. The summed E-state index contributed by atoms with van der Waals surface area (Å²) in [6.07, 6.45) is -3.34. The van der Waals surface area contributed by atoms with Crippen LogP contribution in [0.25, 0.3) is 0 Å². The number of epoxide rings is 1. The molecule has 28 heavy (non-hydrogen) atoms. The number of carbonyl (C=O) groups is 4. The van der Waals surface area contributed by atoms with Crippen molar-refractivity contribution in [1.82, 2.24) is 0 Å². The third-order valence-electron chi connectivity index (χ3n) is 6.88. The fraction of sp³-hybridized carbons (Fsp3) is 0.684. The number of aliphatic hydroxyl groups excluding tert-OH is 1. The SMILES string of the molecule is CC(=O)OC[C@]12[C@H](O)C(=O)C(C)=C[C@H]1O[C@@H]1C(=O)[C@H](OC(C)=O)[C@@]2(C)[C@]12CO2. The molecular formula is C19H22O9. The fourth-order valence-corrected chi connectivity index (χ4v) is 5.31. The van der Waals surface area contributed by atoms with E-state index in [-0.39, 0.29) is 12.2 Å². The van der Waals surface area contributed by atoms with Gasteiger partial charge in [0.05, 0.1) is 23.5 Å². The maximum Gasteiger partial charge on any atom is 0.303 e. The molecule has 2 aliphatic carbocycles. The van der Waals surface area contributed by atoms with Crippen LogP contribution in [0.5, 0.6) is 0 Å². The number of Topliss-reactive ketones (excluding diaryl/α,β-unsaturated/α-hetero) is 2. The summed E-state index contributed by atoms with van der Waals surface area (Å²) in [5.41, 5.74) is -3.79. The lowest BCUT2D eigenvalue weighted by Gasteiger charge is -2.58. The predicted molar refractivity (Wildman–Crippen MR) is 89.8 cm³/mol. The summed E-state index contributed by atoms with van der Waals surface area (Å²) >= 11 is 0. The molecule has 1 saturated carbocycles. The lowest BCUT2D eigenvalue weighted by atomic mass is 9.50. The van der Waals surface area contributed by atoms with Gasteiger partial charge in [0.2, 0.25) is 5.78 Å². The molecule has 152 valence electrons. The second-order valence-corrected chi connectivity index (χ2v) is 8.15. The van der Waals surface area contributed by atoms with Gasteiger partial charge in [-0.3, -0.25) is 19.2 Å². The van der Waals surface area contributed by atoms with Gasteiger partial charge in [-0.1, -0.05) is 6.92 Å². The summed E-state index contributed by atoms with van der Waals surface area (Å²) in [6, 6.07) is 0. The third kappa shape index (κ3) is 2.01. The summed E-state index contributed by atoms with van der Waals surface area (Å²) in [5.74, 6) is -2.37. The van der Waals surface area contributed by atoms with Crippen LogP contribution in [0.4, 0.5) is 0 Å². The fourth-order valence-electron chi connectivity index (χ4n) is 5.31. The average Bonchev–Trinajstić information content (AvgIpc) is 3.39. The van der Waals surface area contributed by atoms with E-state index in [2.05, 4.69) is 0 Å². The maximum absolute atomic E-state index is 13.1.